The Kier molecular flexibility index (Phi) is 2.60. The van der Waals surface area contributed by atoms with Crippen molar-refractivity contribution in [1.82, 2.24) is 15.0 Å². The van der Waals surface area contributed by atoms with Crippen LogP contribution in [0.4, 0.5) is 5.69 Å². The fraction of sp³-hybridized carbons (Fsp3) is 0.200. The Morgan fingerprint density at radius 2 is 2.27 bits per heavy atom. The molecule has 0 unspecified atom stereocenters. The van der Waals surface area contributed by atoms with Gasteiger partial charge in [-0.15, -0.1) is 5.10 Å². The highest BCUT2D eigenvalue weighted by atomic mass is 35.5. The molecule has 0 fully saturated rings. The summed E-state index contributed by atoms with van der Waals surface area (Å²) in [4.78, 5) is 0. The zero-order valence-corrected chi connectivity index (χ0v) is 9.07. The second-order valence-corrected chi connectivity index (χ2v) is 3.61. The van der Waals surface area contributed by atoms with Crippen molar-refractivity contribution in [2.24, 2.45) is 0 Å². The van der Waals surface area contributed by atoms with Crippen molar-refractivity contribution in [3.05, 3.63) is 29.4 Å². The van der Waals surface area contributed by atoms with Crippen LogP contribution in [0.3, 0.4) is 0 Å². The average Bonchev–Trinajstić information content (AvgIpc) is 2.70. The van der Waals surface area contributed by atoms with Crippen LogP contribution in [0, 0.1) is 0 Å². The first-order valence-corrected chi connectivity index (χ1v) is 5.04. The van der Waals surface area contributed by atoms with Gasteiger partial charge in [0.05, 0.1) is 11.2 Å². The standard InChI is InChI=1S/C10H11ClN4/c1-2-15-6-10(13-14-15)8-5-7(12)3-4-9(8)11/h3-6H,2,12H2,1H3. The summed E-state index contributed by atoms with van der Waals surface area (Å²) >= 11 is 6.05. The Bertz CT molecular complexity index is 478. The number of benzene rings is 1. The molecular weight excluding hydrogens is 212 g/mol. The van der Waals surface area contributed by atoms with Crippen molar-refractivity contribution >= 4 is 17.3 Å². The van der Waals surface area contributed by atoms with E-state index in [1.165, 1.54) is 0 Å². The van der Waals surface area contributed by atoms with Crippen LogP contribution in [-0.4, -0.2) is 15.0 Å². The third-order valence-electron chi connectivity index (χ3n) is 2.13. The van der Waals surface area contributed by atoms with E-state index in [9.17, 15) is 0 Å². The molecule has 0 atom stereocenters. The molecule has 0 bridgehead atoms. The molecule has 5 heteroatoms. The molecule has 1 heterocycles. The number of nitrogens with zero attached hydrogens (tertiary/aromatic N) is 3. The molecule has 2 aromatic rings. The van der Waals surface area contributed by atoms with Crippen molar-refractivity contribution in [3.8, 4) is 11.3 Å². The Morgan fingerprint density at radius 1 is 1.47 bits per heavy atom. The van der Waals surface area contributed by atoms with E-state index >= 15 is 0 Å². The van der Waals surface area contributed by atoms with Crippen LogP contribution in [0.25, 0.3) is 11.3 Å². The molecule has 78 valence electrons. The SMILES string of the molecule is CCn1cc(-c2cc(N)ccc2Cl)nn1. The molecule has 0 aliphatic heterocycles. The second kappa shape index (κ2) is 3.90. The molecule has 0 spiro atoms. The first-order valence-electron chi connectivity index (χ1n) is 4.66. The van der Waals surface area contributed by atoms with Gasteiger partial charge in [0.15, 0.2) is 0 Å². The van der Waals surface area contributed by atoms with Gasteiger partial charge in [-0.25, -0.2) is 0 Å². The number of halogens is 1. The molecule has 4 nitrogen and oxygen atoms in total. The number of rotatable bonds is 2. The molecule has 1 aromatic carbocycles. The summed E-state index contributed by atoms with van der Waals surface area (Å²) < 4.78 is 1.74. The number of nitrogen functional groups attached to an aromatic ring is 1. The smallest absolute Gasteiger partial charge is 0.114 e. The Labute approximate surface area is 92.7 Å². The normalized spacial score (nSPS) is 10.5. The molecule has 0 aliphatic rings. The number of aryl methyl sites for hydroxylation is 1. The van der Waals surface area contributed by atoms with Gasteiger partial charge in [0.2, 0.25) is 0 Å². The largest absolute Gasteiger partial charge is 0.399 e. The minimum absolute atomic E-state index is 0.632. The fourth-order valence-electron chi connectivity index (χ4n) is 1.32. The molecule has 2 rings (SSSR count). The Hall–Kier alpha value is -1.55. The minimum Gasteiger partial charge on any atom is -0.399 e. The zero-order chi connectivity index (χ0) is 10.8. The summed E-state index contributed by atoms with van der Waals surface area (Å²) in [6, 6.07) is 5.32. The van der Waals surface area contributed by atoms with Crippen molar-refractivity contribution < 1.29 is 0 Å². The van der Waals surface area contributed by atoms with Crippen LogP contribution < -0.4 is 5.73 Å². The van der Waals surface area contributed by atoms with E-state index in [-0.39, 0.29) is 0 Å². The Balaban J connectivity index is 2.48. The predicted octanol–water partition coefficient (Wildman–Crippen LogP) is 2.20. The van der Waals surface area contributed by atoms with Crippen molar-refractivity contribution in [2.75, 3.05) is 5.73 Å². The van der Waals surface area contributed by atoms with Crippen LogP contribution in [0.5, 0.6) is 0 Å². The van der Waals surface area contributed by atoms with Gasteiger partial charge in [-0.1, -0.05) is 16.8 Å². The third-order valence-corrected chi connectivity index (χ3v) is 2.46. The molecule has 15 heavy (non-hydrogen) atoms. The molecule has 0 aliphatic carbocycles. The van der Waals surface area contributed by atoms with E-state index in [1.54, 1.807) is 22.9 Å². The zero-order valence-electron chi connectivity index (χ0n) is 8.31. The molecule has 0 radical (unpaired) electrons. The lowest BCUT2D eigenvalue weighted by Gasteiger charge is -2.00. The van der Waals surface area contributed by atoms with Gasteiger partial charge in [0, 0.05) is 17.8 Å². The van der Waals surface area contributed by atoms with E-state index in [0.717, 1.165) is 17.8 Å². The van der Waals surface area contributed by atoms with Crippen LogP contribution in [-0.2, 0) is 6.54 Å². The van der Waals surface area contributed by atoms with Crippen molar-refractivity contribution in [2.45, 2.75) is 13.5 Å². The fourth-order valence-corrected chi connectivity index (χ4v) is 1.53. The maximum absolute atomic E-state index is 6.05. The predicted molar refractivity (Wildman–Crippen MR) is 60.6 cm³/mol. The summed E-state index contributed by atoms with van der Waals surface area (Å²) in [7, 11) is 0. The highest BCUT2D eigenvalue weighted by Crippen LogP contribution is 2.27. The highest BCUT2D eigenvalue weighted by molar-refractivity contribution is 6.33. The topological polar surface area (TPSA) is 56.7 Å². The number of aromatic nitrogens is 3. The van der Waals surface area contributed by atoms with Gasteiger partial charge in [-0.05, 0) is 25.1 Å². The monoisotopic (exact) mass is 222 g/mol. The lowest BCUT2D eigenvalue weighted by Crippen LogP contribution is -1.93. The van der Waals surface area contributed by atoms with E-state index in [2.05, 4.69) is 10.3 Å². The second-order valence-electron chi connectivity index (χ2n) is 3.20. The van der Waals surface area contributed by atoms with Gasteiger partial charge in [-0.2, -0.15) is 0 Å². The first-order chi connectivity index (χ1) is 7.20. The van der Waals surface area contributed by atoms with E-state index < -0.39 is 0 Å². The maximum Gasteiger partial charge on any atom is 0.114 e. The summed E-state index contributed by atoms with van der Waals surface area (Å²) in [5, 5.41) is 8.61. The van der Waals surface area contributed by atoms with Crippen molar-refractivity contribution in [1.29, 1.82) is 0 Å². The minimum atomic E-state index is 0.632. The van der Waals surface area contributed by atoms with E-state index in [0.29, 0.717) is 10.7 Å². The maximum atomic E-state index is 6.05. The van der Waals surface area contributed by atoms with Gasteiger partial charge in [0.1, 0.15) is 5.69 Å². The number of hydrogen-bond acceptors (Lipinski definition) is 3. The molecule has 0 saturated carbocycles. The highest BCUT2D eigenvalue weighted by Gasteiger charge is 2.07. The average molecular weight is 223 g/mol. The number of hydrogen-bond donors (Lipinski definition) is 1. The van der Waals surface area contributed by atoms with Crippen LogP contribution in [0.1, 0.15) is 6.92 Å². The van der Waals surface area contributed by atoms with Gasteiger partial charge < -0.3 is 5.73 Å². The van der Waals surface area contributed by atoms with Crippen molar-refractivity contribution in [3.63, 3.8) is 0 Å². The molecular formula is C10H11ClN4. The van der Waals surface area contributed by atoms with E-state index in [4.69, 9.17) is 17.3 Å². The van der Waals surface area contributed by atoms with Gasteiger partial charge in [0.25, 0.3) is 0 Å². The molecule has 2 N–H and O–H groups in total. The van der Waals surface area contributed by atoms with E-state index in [1.807, 2.05) is 13.1 Å². The molecule has 1 aromatic heterocycles. The number of anilines is 1. The lowest BCUT2D eigenvalue weighted by atomic mass is 10.1. The van der Waals surface area contributed by atoms with Crippen LogP contribution in [0.2, 0.25) is 5.02 Å². The van der Waals surface area contributed by atoms with Gasteiger partial charge >= 0.3 is 0 Å². The van der Waals surface area contributed by atoms with Crippen LogP contribution >= 0.6 is 11.6 Å². The molecule has 0 amide bonds. The lowest BCUT2D eigenvalue weighted by molar-refractivity contribution is 0.627. The quantitative estimate of drug-likeness (QED) is 0.793. The first kappa shape index (κ1) is 9.98. The third kappa shape index (κ3) is 1.94. The van der Waals surface area contributed by atoms with Crippen LogP contribution in [0.15, 0.2) is 24.4 Å². The summed E-state index contributed by atoms with van der Waals surface area (Å²) in [5.74, 6) is 0. The van der Waals surface area contributed by atoms with Gasteiger partial charge in [-0.3, -0.25) is 4.68 Å². The summed E-state index contributed by atoms with van der Waals surface area (Å²) in [6.07, 6.45) is 1.85. The Morgan fingerprint density at radius 3 is 2.93 bits per heavy atom. The molecule has 0 saturated heterocycles. The summed E-state index contributed by atoms with van der Waals surface area (Å²) in [6.45, 7) is 2.78. The summed E-state index contributed by atoms with van der Waals surface area (Å²) in [5.41, 5.74) is 7.92. The number of nitrogens with two attached hydrogens (primary N) is 1.